The SMILES string of the molecule is COc1ccc2ccnc(NC3CCCCCC3C)c2c1. The van der Waals surface area contributed by atoms with Crippen molar-refractivity contribution in [2.24, 2.45) is 5.92 Å². The fourth-order valence-electron chi connectivity index (χ4n) is 3.27. The maximum absolute atomic E-state index is 5.35. The van der Waals surface area contributed by atoms with E-state index in [9.17, 15) is 0 Å². The fraction of sp³-hybridized carbons (Fsp3) is 0.500. The van der Waals surface area contributed by atoms with Gasteiger partial charge in [-0.25, -0.2) is 4.98 Å². The Bertz CT molecular complexity index is 611. The highest BCUT2D eigenvalue weighted by atomic mass is 16.5. The minimum Gasteiger partial charge on any atom is -0.497 e. The van der Waals surface area contributed by atoms with E-state index in [0.29, 0.717) is 12.0 Å². The van der Waals surface area contributed by atoms with Gasteiger partial charge < -0.3 is 10.1 Å². The Morgan fingerprint density at radius 3 is 2.86 bits per heavy atom. The number of nitrogens with one attached hydrogen (secondary N) is 1. The Labute approximate surface area is 126 Å². The zero-order chi connectivity index (χ0) is 14.7. The number of methoxy groups -OCH3 is 1. The smallest absolute Gasteiger partial charge is 0.134 e. The lowest BCUT2D eigenvalue weighted by Crippen LogP contribution is -2.26. The highest BCUT2D eigenvalue weighted by Gasteiger charge is 2.20. The molecular formula is C18H24N2O. The number of nitrogens with zero attached hydrogens (tertiary/aromatic N) is 1. The molecule has 1 heterocycles. The summed E-state index contributed by atoms with van der Waals surface area (Å²) in [7, 11) is 1.71. The van der Waals surface area contributed by atoms with Crippen LogP contribution in [0.5, 0.6) is 5.75 Å². The zero-order valence-electron chi connectivity index (χ0n) is 12.9. The molecule has 21 heavy (non-hydrogen) atoms. The third kappa shape index (κ3) is 3.12. The van der Waals surface area contributed by atoms with E-state index in [2.05, 4.69) is 35.4 Å². The van der Waals surface area contributed by atoms with Crippen LogP contribution in [0.1, 0.15) is 39.0 Å². The molecule has 2 atom stereocenters. The first-order chi connectivity index (χ1) is 10.3. The zero-order valence-corrected chi connectivity index (χ0v) is 12.9. The van der Waals surface area contributed by atoms with E-state index in [1.807, 2.05) is 12.3 Å². The van der Waals surface area contributed by atoms with Crippen molar-refractivity contribution < 1.29 is 4.74 Å². The van der Waals surface area contributed by atoms with Crippen molar-refractivity contribution in [2.75, 3.05) is 12.4 Å². The molecule has 3 nitrogen and oxygen atoms in total. The van der Waals surface area contributed by atoms with Crippen molar-refractivity contribution in [1.29, 1.82) is 0 Å². The van der Waals surface area contributed by atoms with E-state index in [-0.39, 0.29) is 0 Å². The van der Waals surface area contributed by atoms with Crippen LogP contribution in [-0.4, -0.2) is 18.1 Å². The molecule has 0 saturated heterocycles. The molecule has 1 aliphatic rings. The molecule has 0 spiro atoms. The number of fused-ring (bicyclic) bond motifs is 1. The number of hydrogen-bond acceptors (Lipinski definition) is 3. The van der Waals surface area contributed by atoms with Crippen LogP contribution in [0.25, 0.3) is 10.8 Å². The van der Waals surface area contributed by atoms with Gasteiger partial charge in [0.1, 0.15) is 11.6 Å². The lowest BCUT2D eigenvalue weighted by molar-refractivity contribution is 0.415. The second-order valence-corrected chi connectivity index (χ2v) is 6.11. The second kappa shape index (κ2) is 6.33. The Hall–Kier alpha value is -1.77. The summed E-state index contributed by atoms with van der Waals surface area (Å²) in [4.78, 5) is 4.57. The molecule has 1 fully saturated rings. The molecule has 3 heteroatoms. The van der Waals surface area contributed by atoms with Gasteiger partial charge >= 0.3 is 0 Å². The summed E-state index contributed by atoms with van der Waals surface area (Å²) in [6, 6.07) is 8.75. The molecule has 1 aliphatic carbocycles. The largest absolute Gasteiger partial charge is 0.497 e. The second-order valence-electron chi connectivity index (χ2n) is 6.11. The summed E-state index contributed by atoms with van der Waals surface area (Å²) in [6.45, 7) is 2.36. The molecule has 0 aliphatic heterocycles. The topological polar surface area (TPSA) is 34.1 Å². The van der Waals surface area contributed by atoms with Crippen LogP contribution >= 0.6 is 0 Å². The Morgan fingerprint density at radius 2 is 2.00 bits per heavy atom. The third-order valence-corrected chi connectivity index (χ3v) is 4.66. The van der Waals surface area contributed by atoms with E-state index in [0.717, 1.165) is 17.0 Å². The number of ether oxygens (including phenoxy) is 1. The van der Waals surface area contributed by atoms with Gasteiger partial charge in [0.25, 0.3) is 0 Å². The molecule has 1 aromatic heterocycles. The number of anilines is 1. The van der Waals surface area contributed by atoms with Crippen LogP contribution in [0.3, 0.4) is 0 Å². The molecular weight excluding hydrogens is 260 g/mol. The van der Waals surface area contributed by atoms with Gasteiger partial charge in [0.2, 0.25) is 0 Å². The van der Waals surface area contributed by atoms with E-state index in [1.165, 1.54) is 37.5 Å². The van der Waals surface area contributed by atoms with Crippen molar-refractivity contribution in [3.8, 4) is 5.75 Å². The number of hydrogen-bond donors (Lipinski definition) is 1. The number of pyridine rings is 1. The van der Waals surface area contributed by atoms with Crippen LogP contribution in [0.2, 0.25) is 0 Å². The minimum atomic E-state index is 0.525. The van der Waals surface area contributed by atoms with E-state index < -0.39 is 0 Å². The quantitative estimate of drug-likeness (QED) is 0.835. The Kier molecular flexibility index (Phi) is 4.28. The molecule has 1 saturated carbocycles. The summed E-state index contributed by atoms with van der Waals surface area (Å²) in [5, 5.41) is 6.05. The molecule has 2 unspecified atom stereocenters. The summed E-state index contributed by atoms with van der Waals surface area (Å²) >= 11 is 0. The Balaban J connectivity index is 1.92. The lowest BCUT2D eigenvalue weighted by Gasteiger charge is -2.24. The Morgan fingerprint density at radius 1 is 1.14 bits per heavy atom. The van der Waals surface area contributed by atoms with Gasteiger partial charge in [-0.15, -0.1) is 0 Å². The van der Waals surface area contributed by atoms with Crippen LogP contribution < -0.4 is 10.1 Å². The number of benzene rings is 1. The molecule has 3 rings (SSSR count). The highest BCUT2D eigenvalue weighted by Crippen LogP contribution is 2.30. The first kappa shape index (κ1) is 14.2. The maximum Gasteiger partial charge on any atom is 0.134 e. The normalized spacial score (nSPS) is 22.8. The van der Waals surface area contributed by atoms with Crippen molar-refractivity contribution in [2.45, 2.75) is 45.1 Å². The summed E-state index contributed by atoms with van der Waals surface area (Å²) in [6.07, 6.45) is 8.47. The predicted molar refractivity (Wildman–Crippen MR) is 88.0 cm³/mol. The average molecular weight is 284 g/mol. The lowest BCUT2D eigenvalue weighted by atomic mass is 9.97. The van der Waals surface area contributed by atoms with Crippen molar-refractivity contribution in [1.82, 2.24) is 4.98 Å². The van der Waals surface area contributed by atoms with E-state index in [1.54, 1.807) is 7.11 Å². The highest BCUT2D eigenvalue weighted by molar-refractivity contribution is 5.92. The van der Waals surface area contributed by atoms with Crippen LogP contribution in [0, 0.1) is 5.92 Å². The van der Waals surface area contributed by atoms with Gasteiger partial charge in [-0.3, -0.25) is 0 Å². The first-order valence-corrected chi connectivity index (χ1v) is 7.97. The van der Waals surface area contributed by atoms with Gasteiger partial charge in [0, 0.05) is 17.6 Å². The fourth-order valence-corrected chi connectivity index (χ4v) is 3.27. The van der Waals surface area contributed by atoms with Crippen molar-refractivity contribution in [3.63, 3.8) is 0 Å². The molecule has 2 aromatic rings. The van der Waals surface area contributed by atoms with Gasteiger partial charge in [-0.2, -0.15) is 0 Å². The minimum absolute atomic E-state index is 0.525. The first-order valence-electron chi connectivity index (χ1n) is 7.97. The molecule has 1 N–H and O–H groups in total. The third-order valence-electron chi connectivity index (χ3n) is 4.66. The predicted octanol–water partition coefficient (Wildman–Crippen LogP) is 4.62. The van der Waals surface area contributed by atoms with Crippen LogP contribution in [-0.2, 0) is 0 Å². The standard InChI is InChI=1S/C18H24N2O/c1-13-6-4-3-5-7-17(13)20-18-16-12-15(21-2)9-8-14(16)10-11-19-18/h8-13,17H,3-7H2,1-2H3,(H,19,20). The van der Waals surface area contributed by atoms with E-state index in [4.69, 9.17) is 4.74 Å². The van der Waals surface area contributed by atoms with E-state index >= 15 is 0 Å². The summed E-state index contributed by atoms with van der Waals surface area (Å²) in [5.74, 6) is 2.58. The summed E-state index contributed by atoms with van der Waals surface area (Å²) in [5.41, 5.74) is 0. The molecule has 1 aromatic carbocycles. The number of rotatable bonds is 3. The van der Waals surface area contributed by atoms with Gasteiger partial charge in [-0.1, -0.05) is 32.3 Å². The van der Waals surface area contributed by atoms with Crippen molar-refractivity contribution >= 4 is 16.6 Å². The van der Waals surface area contributed by atoms with Crippen molar-refractivity contribution in [3.05, 3.63) is 30.5 Å². The van der Waals surface area contributed by atoms with Gasteiger partial charge in [-0.05, 0) is 42.3 Å². The van der Waals surface area contributed by atoms with Crippen LogP contribution in [0.15, 0.2) is 30.5 Å². The molecule has 0 radical (unpaired) electrons. The molecule has 112 valence electrons. The van der Waals surface area contributed by atoms with Crippen LogP contribution in [0.4, 0.5) is 5.82 Å². The maximum atomic E-state index is 5.35. The van der Waals surface area contributed by atoms with Gasteiger partial charge in [0.05, 0.1) is 7.11 Å². The molecule has 0 amide bonds. The number of aromatic nitrogens is 1. The average Bonchev–Trinajstić information content (AvgIpc) is 2.72. The summed E-state index contributed by atoms with van der Waals surface area (Å²) < 4.78 is 5.35. The monoisotopic (exact) mass is 284 g/mol. The van der Waals surface area contributed by atoms with Gasteiger partial charge in [0.15, 0.2) is 0 Å². The molecule has 0 bridgehead atoms.